The van der Waals surface area contributed by atoms with Gasteiger partial charge in [-0.15, -0.1) is 5.10 Å². The van der Waals surface area contributed by atoms with Gasteiger partial charge < -0.3 is 4.90 Å². The van der Waals surface area contributed by atoms with Crippen LogP contribution in [0, 0.1) is 20.8 Å². The lowest BCUT2D eigenvalue weighted by atomic mass is 9.98. The highest BCUT2D eigenvalue weighted by atomic mass is 16.2. The Morgan fingerprint density at radius 2 is 2.00 bits per heavy atom. The van der Waals surface area contributed by atoms with E-state index >= 15 is 0 Å². The minimum atomic E-state index is -0.159. The average Bonchev–Trinajstić information content (AvgIpc) is 2.98. The second-order valence-electron chi connectivity index (χ2n) is 6.33. The summed E-state index contributed by atoms with van der Waals surface area (Å²) < 4.78 is 1.63. The molecule has 0 radical (unpaired) electrons. The van der Waals surface area contributed by atoms with Crippen LogP contribution in [0.25, 0.3) is 5.78 Å². The number of aromatic nitrogens is 4. The minimum absolute atomic E-state index is 0.159. The third kappa shape index (κ3) is 2.26. The first-order chi connectivity index (χ1) is 11.5. The molecular weight excluding hydrogens is 302 g/mol. The Morgan fingerprint density at radius 3 is 2.83 bits per heavy atom. The highest BCUT2D eigenvalue weighted by Gasteiger charge is 2.28. The molecule has 1 aromatic carbocycles. The second kappa shape index (κ2) is 5.40. The molecule has 6 heteroatoms. The number of hydrogen-bond donors (Lipinski definition) is 0. The van der Waals surface area contributed by atoms with Gasteiger partial charge in [0.15, 0.2) is 0 Å². The molecule has 0 spiro atoms. The number of aryl methyl sites for hydroxylation is 4. The van der Waals surface area contributed by atoms with E-state index in [9.17, 15) is 4.79 Å². The van der Waals surface area contributed by atoms with Gasteiger partial charge in [-0.1, -0.05) is 18.2 Å². The number of nitrogens with zero attached hydrogens (tertiary/aromatic N) is 5. The molecule has 6 nitrogen and oxygen atoms in total. The molecule has 0 atom stereocenters. The van der Waals surface area contributed by atoms with Crippen LogP contribution in [-0.4, -0.2) is 32.0 Å². The Bertz CT molecular complexity index is 959. The van der Waals surface area contributed by atoms with Gasteiger partial charge in [0, 0.05) is 17.9 Å². The van der Waals surface area contributed by atoms with E-state index in [1.165, 1.54) is 5.56 Å². The summed E-state index contributed by atoms with van der Waals surface area (Å²) in [5.74, 6) is 0.512. The maximum atomic E-state index is 13.0. The number of anilines is 1. The van der Waals surface area contributed by atoms with Gasteiger partial charge >= 0.3 is 0 Å². The number of carbonyl (C=O) groups excluding carboxylic acids is 1. The largest absolute Gasteiger partial charge is 0.305 e. The fraction of sp³-hybridized carbons (Fsp3) is 0.333. The SMILES string of the molecule is Cc1cc(C)n2nc(C(=O)N3CCCc4cccc(C)c43)nc2n1. The van der Waals surface area contributed by atoms with Crippen molar-refractivity contribution in [3.05, 3.63) is 52.6 Å². The zero-order chi connectivity index (χ0) is 16.8. The predicted octanol–water partition coefficient (Wildman–Crippen LogP) is 2.64. The topological polar surface area (TPSA) is 63.4 Å². The number of rotatable bonds is 1. The molecule has 0 aliphatic carbocycles. The number of amides is 1. The summed E-state index contributed by atoms with van der Waals surface area (Å²) in [6.45, 7) is 6.58. The molecule has 0 N–H and O–H groups in total. The number of fused-ring (bicyclic) bond motifs is 2. The fourth-order valence-electron chi connectivity index (χ4n) is 3.43. The van der Waals surface area contributed by atoms with Crippen molar-refractivity contribution in [2.75, 3.05) is 11.4 Å². The Hall–Kier alpha value is -2.76. The van der Waals surface area contributed by atoms with Crippen molar-refractivity contribution in [3.63, 3.8) is 0 Å². The van der Waals surface area contributed by atoms with Crippen molar-refractivity contribution in [2.24, 2.45) is 0 Å². The molecule has 0 fully saturated rings. The maximum Gasteiger partial charge on any atom is 0.298 e. The van der Waals surface area contributed by atoms with Crippen molar-refractivity contribution in [2.45, 2.75) is 33.6 Å². The summed E-state index contributed by atoms with van der Waals surface area (Å²) in [6.07, 6.45) is 1.95. The zero-order valence-electron chi connectivity index (χ0n) is 14.1. The number of benzene rings is 1. The van der Waals surface area contributed by atoms with Crippen molar-refractivity contribution in [1.82, 2.24) is 19.6 Å². The summed E-state index contributed by atoms with van der Waals surface area (Å²) in [7, 11) is 0. The van der Waals surface area contributed by atoms with Crippen LogP contribution in [0.1, 0.15) is 39.6 Å². The van der Waals surface area contributed by atoms with Crippen molar-refractivity contribution in [3.8, 4) is 0 Å². The monoisotopic (exact) mass is 321 g/mol. The molecule has 0 saturated carbocycles. The molecule has 24 heavy (non-hydrogen) atoms. The second-order valence-corrected chi connectivity index (χ2v) is 6.33. The quantitative estimate of drug-likeness (QED) is 0.691. The molecule has 0 saturated heterocycles. The molecule has 1 amide bonds. The average molecular weight is 321 g/mol. The Labute approximate surface area is 140 Å². The van der Waals surface area contributed by atoms with Gasteiger partial charge in [-0.2, -0.15) is 4.98 Å². The molecular formula is C18H19N5O. The predicted molar refractivity (Wildman–Crippen MR) is 91.4 cm³/mol. The summed E-state index contributed by atoms with van der Waals surface area (Å²) in [4.78, 5) is 23.6. The van der Waals surface area contributed by atoms with Gasteiger partial charge in [0.25, 0.3) is 11.7 Å². The van der Waals surface area contributed by atoms with E-state index in [0.717, 1.165) is 35.5 Å². The van der Waals surface area contributed by atoms with Gasteiger partial charge in [-0.25, -0.2) is 9.50 Å². The smallest absolute Gasteiger partial charge is 0.298 e. The summed E-state index contributed by atoms with van der Waals surface area (Å²) in [6, 6.07) is 8.10. The summed E-state index contributed by atoms with van der Waals surface area (Å²) in [5.41, 5.74) is 5.11. The molecule has 4 rings (SSSR count). The van der Waals surface area contributed by atoms with Gasteiger partial charge in [-0.3, -0.25) is 4.79 Å². The fourth-order valence-corrected chi connectivity index (χ4v) is 3.43. The molecule has 122 valence electrons. The third-order valence-corrected chi connectivity index (χ3v) is 4.47. The molecule has 3 heterocycles. The number of carbonyl (C=O) groups is 1. The lowest BCUT2D eigenvalue weighted by Gasteiger charge is -2.30. The van der Waals surface area contributed by atoms with E-state index in [1.54, 1.807) is 4.52 Å². The van der Waals surface area contributed by atoms with E-state index in [1.807, 2.05) is 43.9 Å². The first kappa shape index (κ1) is 14.8. The standard InChI is InChI=1S/C18H19N5O/c1-11-6-4-7-14-8-5-9-22(15(11)14)17(24)16-20-18-19-12(2)10-13(3)23(18)21-16/h4,6-7,10H,5,8-9H2,1-3H3. The van der Waals surface area contributed by atoms with Crippen LogP contribution in [0.15, 0.2) is 24.3 Å². The Balaban J connectivity index is 1.79. The van der Waals surface area contributed by atoms with Gasteiger partial charge in [0.2, 0.25) is 5.82 Å². The van der Waals surface area contributed by atoms with E-state index < -0.39 is 0 Å². The van der Waals surface area contributed by atoms with Crippen LogP contribution in [0.5, 0.6) is 0 Å². The lowest BCUT2D eigenvalue weighted by molar-refractivity contribution is 0.0975. The molecule has 1 aliphatic heterocycles. The molecule has 0 bridgehead atoms. The third-order valence-electron chi connectivity index (χ3n) is 4.47. The Kier molecular flexibility index (Phi) is 3.33. The van der Waals surface area contributed by atoms with E-state index in [-0.39, 0.29) is 11.7 Å². The first-order valence-corrected chi connectivity index (χ1v) is 8.16. The van der Waals surface area contributed by atoms with Gasteiger partial charge in [-0.05, 0) is 50.8 Å². The highest BCUT2D eigenvalue weighted by molar-refractivity contribution is 6.05. The van der Waals surface area contributed by atoms with Crippen LogP contribution >= 0.6 is 0 Å². The minimum Gasteiger partial charge on any atom is -0.305 e. The first-order valence-electron chi connectivity index (χ1n) is 8.16. The lowest BCUT2D eigenvalue weighted by Crippen LogP contribution is -2.36. The molecule has 1 aliphatic rings. The highest BCUT2D eigenvalue weighted by Crippen LogP contribution is 2.31. The van der Waals surface area contributed by atoms with Crippen LogP contribution in [0.3, 0.4) is 0 Å². The van der Waals surface area contributed by atoms with Crippen LogP contribution in [0.2, 0.25) is 0 Å². The maximum absolute atomic E-state index is 13.0. The Morgan fingerprint density at radius 1 is 1.17 bits per heavy atom. The summed E-state index contributed by atoms with van der Waals surface area (Å²) in [5, 5.41) is 4.38. The van der Waals surface area contributed by atoms with Crippen LogP contribution < -0.4 is 4.90 Å². The van der Waals surface area contributed by atoms with E-state index in [0.29, 0.717) is 12.3 Å². The summed E-state index contributed by atoms with van der Waals surface area (Å²) >= 11 is 0. The molecule has 2 aromatic heterocycles. The van der Waals surface area contributed by atoms with E-state index in [2.05, 4.69) is 21.1 Å². The van der Waals surface area contributed by atoms with Gasteiger partial charge in [0.05, 0.1) is 5.69 Å². The van der Waals surface area contributed by atoms with E-state index in [4.69, 9.17) is 0 Å². The van der Waals surface area contributed by atoms with Crippen molar-refractivity contribution >= 4 is 17.4 Å². The van der Waals surface area contributed by atoms with Crippen LogP contribution in [0.4, 0.5) is 5.69 Å². The normalized spacial score (nSPS) is 14.0. The number of hydrogen-bond acceptors (Lipinski definition) is 4. The zero-order valence-corrected chi connectivity index (χ0v) is 14.1. The van der Waals surface area contributed by atoms with Crippen molar-refractivity contribution in [1.29, 1.82) is 0 Å². The molecule has 3 aromatic rings. The van der Waals surface area contributed by atoms with Crippen molar-refractivity contribution < 1.29 is 4.79 Å². The molecule has 0 unspecified atom stereocenters. The number of para-hydroxylation sites is 1. The van der Waals surface area contributed by atoms with Crippen LogP contribution in [-0.2, 0) is 6.42 Å². The van der Waals surface area contributed by atoms with Gasteiger partial charge in [0.1, 0.15) is 0 Å².